The first-order valence-corrected chi connectivity index (χ1v) is 8.34. The molecule has 1 aromatic rings. The monoisotopic (exact) mass is 310 g/mol. The highest BCUT2D eigenvalue weighted by Gasteiger charge is 2.39. The first-order valence-electron chi connectivity index (χ1n) is 7.96. The van der Waals surface area contributed by atoms with Crippen LogP contribution in [0.25, 0.3) is 0 Å². The summed E-state index contributed by atoms with van der Waals surface area (Å²) in [4.78, 5) is 2.51. The highest BCUT2D eigenvalue weighted by Crippen LogP contribution is 2.37. The summed E-state index contributed by atoms with van der Waals surface area (Å²) in [5, 5.41) is 3.97. The molecule has 0 amide bonds. The maximum atomic E-state index is 13.6. The van der Waals surface area contributed by atoms with Crippen molar-refractivity contribution in [1.29, 1.82) is 0 Å². The molecule has 1 saturated carbocycles. The van der Waals surface area contributed by atoms with Gasteiger partial charge in [0.15, 0.2) is 0 Å². The molecule has 0 radical (unpaired) electrons. The van der Waals surface area contributed by atoms with Gasteiger partial charge in [-0.1, -0.05) is 37.6 Å². The Balaban J connectivity index is 1.77. The summed E-state index contributed by atoms with van der Waals surface area (Å²) in [6, 6.07) is 6.21. The van der Waals surface area contributed by atoms with Crippen LogP contribution < -0.4 is 5.32 Å². The molecule has 1 saturated heterocycles. The Morgan fingerprint density at radius 3 is 2.81 bits per heavy atom. The molecule has 2 atom stereocenters. The van der Waals surface area contributed by atoms with Crippen molar-refractivity contribution in [1.82, 2.24) is 10.2 Å². The second-order valence-electron chi connectivity index (χ2n) is 6.81. The fourth-order valence-corrected chi connectivity index (χ4v) is 3.50. The summed E-state index contributed by atoms with van der Waals surface area (Å²) in [6.07, 6.45) is 2.65. The molecule has 2 aliphatic rings. The summed E-state index contributed by atoms with van der Waals surface area (Å²) in [5.74, 6) is 1.10. The van der Waals surface area contributed by atoms with E-state index in [1.54, 1.807) is 6.07 Å². The number of halogens is 2. The van der Waals surface area contributed by atoms with Crippen LogP contribution in [0.3, 0.4) is 0 Å². The van der Waals surface area contributed by atoms with Crippen molar-refractivity contribution >= 4 is 11.6 Å². The van der Waals surface area contributed by atoms with E-state index in [1.807, 2.05) is 6.07 Å². The topological polar surface area (TPSA) is 15.3 Å². The summed E-state index contributed by atoms with van der Waals surface area (Å²) in [6.45, 7) is 7.32. The molecule has 0 bridgehead atoms. The molecule has 4 heteroatoms. The van der Waals surface area contributed by atoms with Crippen LogP contribution in [0.1, 0.15) is 32.3 Å². The molecule has 2 unspecified atom stereocenters. The quantitative estimate of drug-likeness (QED) is 0.912. The van der Waals surface area contributed by atoms with Gasteiger partial charge in [-0.3, -0.25) is 4.90 Å². The third-order valence-electron chi connectivity index (χ3n) is 4.87. The normalized spacial score (nSPS) is 27.3. The van der Waals surface area contributed by atoms with E-state index < -0.39 is 0 Å². The lowest BCUT2D eigenvalue weighted by Crippen LogP contribution is -2.58. The number of nitrogens with one attached hydrogen (secondary N) is 1. The van der Waals surface area contributed by atoms with Crippen LogP contribution in [0, 0.1) is 17.7 Å². The largest absolute Gasteiger partial charge is 0.311 e. The van der Waals surface area contributed by atoms with Crippen molar-refractivity contribution < 1.29 is 4.39 Å². The molecule has 1 aliphatic heterocycles. The second kappa shape index (κ2) is 6.23. The Morgan fingerprint density at radius 1 is 1.38 bits per heavy atom. The van der Waals surface area contributed by atoms with Gasteiger partial charge in [-0.2, -0.15) is 0 Å². The molecule has 3 rings (SSSR count). The molecule has 0 spiro atoms. The number of benzene rings is 1. The Bertz CT molecular complexity index is 502. The first-order chi connectivity index (χ1) is 10.1. The minimum absolute atomic E-state index is 0.284. The SMILES string of the molecule is CC(C)C1CN(Cc2cccc(F)c2Cl)C(C2CC2)CN1. The predicted molar refractivity (Wildman–Crippen MR) is 85.0 cm³/mol. The lowest BCUT2D eigenvalue weighted by Gasteiger charge is -2.42. The molecule has 116 valence electrons. The molecular weight excluding hydrogens is 287 g/mol. The van der Waals surface area contributed by atoms with Crippen LogP contribution in [0.5, 0.6) is 0 Å². The summed E-state index contributed by atoms with van der Waals surface area (Å²) < 4.78 is 13.6. The maximum absolute atomic E-state index is 13.6. The van der Waals surface area contributed by atoms with E-state index in [-0.39, 0.29) is 10.8 Å². The van der Waals surface area contributed by atoms with E-state index in [2.05, 4.69) is 24.1 Å². The van der Waals surface area contributed by atoms with Gasteiger partial charge in [0, 0.05) is 31.7 Å². The van der Waals surface area contributed by atoms with Crippen LogP contribution in [-0.4, -0.2) is 30.1 Å². The fourth-order valence-electron chi connectivity index (χ4n) is 3.32. The van der Waals surface area contributed by atoms with Crippen LogP contribution >= 0.6 is 11.6 Å². The molecule has 2 fully saturated rings. The van der Waals surface area contributed by atoms with Gasteiger partial charge in [0.1, 0.15) is 5.82 Å². The van der Waals surface area contributed by atoms with Crippen LogP contribution in [0.15, 0.2) is 18.2 Å². The smallest absolute Gasteiger partial charge is 0.142 e. The average Bonchev–Trinajstić information content (AvgIpc) is 3.28. The van der Waals surface area contributed by atoms with E-state index in [9.17, 15) is 4.39 Å². The van der Waals surface area contributed by atoms with E-state index in [0.29, 0.717) is 18.0 Å². The number of piperazine rings is 1. The second-order valence-corrected chi connectivity index (χ2v) is 7.18. The minimum Gasteiger partial charge on any atom is -0.311 e. The van der Waals surface area contributed by atoms with Crippen molar-refractivity contribution in [3.05, 3.63) is 34.6 Å². The lowest BCUT2D eigenvalue weighted by molar-refractivity contribution is 0.0926. The lowest BCUT2D eigenvalue weighted by atomic mass is 9.97. The molecule has 1 aromatic carbocycles. The Morgan fingerprint density at radius 2 is 2.14 bits per heavy atom. The van der Waals surface area contributed by atoms with Gasteiger partial charge in [0.05, 0.1) is 5.02 Å². The highest BCUT2D eigenvalue weighted by molar-refractivity contribution is 6.31. The van der Waals surface area contributed by atoms with Crippen molar-refractivity contribution in [2.45, 2.75) is 45.3 Å². The van der Waals surface area contributed by atoms with E-state index in [4.69, 9.17) is 11.6 Å². The van der Waals surface area contributed by atoms with Gasteiger partial charge in [-0.15, -0.1) is 0 Å². The van der Waals surface area contributed by atoms with E-state index in [1.165, 1.54) is 18.9 Å². The third kappa shape index (κ3) is 3.41. The van der Waals surface area contributed by atoms with Gasteiger partial charge >= 0.3 is 0 Å². The molecule has 21 heavy (non-hydrogen) atoms. The predicted octanol–water partition coefficient (Wildman–Crippen LogP) is 3.69. The average molecular weight is 311 g/mol. The van der Waals surface area contributed by atoms with Crippen molar-refractivity contribution in [3.8, 4) is 0 Å². The summed E-state index contributed by atoms with van der Waals surface area (Å²) >= 11 is 6.14. The number of hydrogen-bond donors (Lipinski definition) is 1. The zero-order valence-corrected chi connectivity index (χ0v) is 13.5. The van der Waals surface area contributed by atoms with E-state index in [0.717, 1.165) is 31.1 Å². The number of hydrogen-bond acceptors (Lipinski definition) is 2. The molecule has 1 heterocycles. The zero-order chi connectivity index (χ0) is 15.0. The zero-order valence-electron chi connectivity index (χ0n) is 12.8. The Labute approximate surface area is 131 Å². The van der Waals surface area contributed by atoms with Gasteiger partial charge < -0.3 is 5.32 Å². The van der Waals surface area contributed by atoms with Crippen molar-refractivity contribution in [3.63, 3.8) is 0 Å². The summed E-state index contributed by atoms with van der Waals surface area (Å²) in [7, 11) is 0. The summed E-state index contributed by atoms with van der Waals surface area (Å²) in [5.41, 5.74) is 0.909. The first kappa shape index (κ1) is 15.3. The molecule has 0 aromatic heterocycles. The van der Waals surface area contributed by atoms with Crippen LogP contribution in [-0.2, 0) is 6.54 Å². The van der Waals surface area contributed by atoms with Crippen LogP contribution in [0.2, 0.25) is 5.02 Å². The fraction of sp³-hybridized carbons (Fsp3) is 0.647. The minimum atomic E-state index is -0.312. The Hall–Kier alpha value is -0.640. The van der Waals surface area contributed by atoms with Crippen molar-refractivity contribution in [2.75, 3.05) is 13.1 Å². The number of rotatable bonds is 4. The standard InChI is InChI=1S/C17H24ClFN2/c1-11(2)15-10-21(16(8-20-15)12-6-7-12)9-13-4-3-5-14(19)17(13)18/h3-5,11-12,15-16,20H,6-10H2,1-2H3. The van der Waals surface area contributed by atoms with Crippen molar-refractivity contribution in [2.24, 2.45) is 11.8 Å². The molecule has 1 N–H and O–H groups in total. The van der Waals surface area contributed by atoms with Gasteiger partial charge in [-0.05, 0) is 36.3 Å². The Kier molecular flexibility index (Phi) is 4.53. The van der Waals surface area contributed by atoms with E-state index >= 15 is 0 Å². The van der Waals surface area contributed by atoms with Crippen LogP contribution in [0.4, 0.5) is 4.39 Å². The van der Waals surface area contributed by atoms with Gasteiger partial charge in [0.2, 0.25) is 0 Å². The number of nitrogens with zero attached hydrogens (tertiary/aromatic N) is 1. The maximum Gasteiger partial charge on any atom is 0.142 e. The molecular formula is C17H24ClFN2. The third-order valence-corrected chi connectivity index (χ3v) is 5.29. The molecule has 1 aliphatic carbocycles. The van der Waals surface area contributed by atoms with Gasteiger partial charge in [-0.25, -0.2) is 4.39 Å². The molecule has 2 nitrogen and oxygen atoms in total. The highest BCUT2D eigenvalue weighted by atomic mass is 35.5. The van der Waals surface area contributed by atoms with Gasteiger partial charge in [0.25, 0.3) is 0 Å².